The van der Waals surface area contributed by atoms with Gasteiger partial charge in [0.15, 0.2) is 5.84 Å². The van der Waals surface area contributed by atoms with Gasteiger partial charge < -0.3 is 16.3 Å². The molecule has 0 radical (unpaired) electrons. The first-order valence-electron chi connectivity index (χ1n) is 6.92. The van der Waals surface area contributed by atoms with E-state index in [0.717, 1.165) is 23.9 Å². The molecular formula is C15H17N3O2S. The van der Waals surface area contributed by atoms with E-state index in [2.05, 4.69) is 10.5 Å². The van der Waals surface area contributed by atoms with Crippen molar-refractivity contribution in [3.63, 3.8) is 0 Å². The average Bonchev–Trinajstić information content (AvgIpc) is 3.15. The Balaban J connectivity index is 1.87. The second-order valence-corrected chi connectivity index (χ2v) is 6.35. The maximum absolute atomic E-state index is 12.6. The Labute approximate surface area is 126 Å². The molecule has 1 amide bonds. The van der Waals surface area contributed by atoms with E-state index in [1.54, 1.807) is 11.3 Å². The molecule has 1 aliphatic carbocycles. The average molecular weight is 303 g/mol. The monoisotopic (exact) mass is 303 g/mol. The van der Waals surface area contributed by atoms with E-state index >= 15 is 0 Å². The van der Waals surface area contributed by atoms with Gasteiger partial charge in [0.1, 0.15) is 5.41 Å². The van der Waals surface area contributed by atoms with Gasteiger partial charge in [0.05, 0.1) is 0 Å². The number of benzene rings is 1. The van der Waals surface area contributed by atoms with Crippen molar-refractivity contribution in [1.82, 2.24) is 0 Å². The lowest BCUT2D eigenvalue weighted by molar-refractivity contribution is -0.122. The van der Waals surface area contributed by atoms with Crippen LogP contribution in [0.3, 0.4) is 0 Å². The molecule has 0 saturated heterocycles. The Kier molecular flexibility index (Phi) is 3.55. The zero-order valence-electron chi connectivity index (χ0n) is 11.5. The van der Waals surface area contributed by atoms with Crippen LogP contribution in [-0.4, -0.2) is 17.0 Å². The number of oxime groups is 1. The van der Waals surface area contributed by atoms with Gasteiger partial charge in [0, 0.05) is 10.4 Å². The fourth-order valence-corrected chi connectivity index (χ4v) is 3.74. The Morgan fingerprint density at radius 1 is 1.33 bits per heavy atom. The second kappa shape index (κ2) is 5.37. The topological polar surface area (TPSA) is 87.7 Å². The van der Waals surface area contributed by atoms with E-state index in [0.29, 0.717) is 12.8 Å². The number of nitrogens with zero attached hydrogens (tertiary/aromatic N) is 1. The van der Waals surface area contributed by atoms with Crippen LogP contribution in [0.5, 0.6) is 0 Å². The molecule has 2 aromatic rings. The maximum atomic E-state index is 12.6. The number of thiophene rings is 1. The molecule has 1 heterocycles. The highest BCUT2D eigenvalue weighted by molar-refractivity contribution is 7.17. The standard InChI is InChI=1S/C15H17N3O2S/c16-13(18-20)15(6-1-2-7-15)14(19)17-11-3-4-12-10(9-11)5-8-21-12/h3-5,8-9,20H,1-2,6-7H2,(H2,16,18)(H,17,19). The summed E-state index contributed by atoms with van der Waals surface area (Å²) >= 11 is 1.66. The molecule has 3 rings (SSSR count). The Bertz CT molecular complexity index is 702. The number of hydrogen-bond acceptors (Lipinski definition) is 4. The Morgan fingerprint density at radius 2 is 2.10 bits per heavy atom. The normalized spacial score (nSPS) is 18.0. The van der Waals surface area contributed by atoms with Crippen LogP contribution >= 0.6 is 11.3 Å². The molecule has 110 valence electrons. The number of carbonyl (C=O) groups excluding carboxylic acids is 1. The SMILES string of the molecule is NC(=NO)C1(C(=O)Nc2ccc3sccc3c2)CCCC1. The molecule has 0 aliphatic heterocycles. The maximum Gasteiger partial charge on any atom is 0.238 e. The minimum atomic E-state index is -0.877. The predicted molar refractivity (Wildman–Crippen MR) is 84.8 cm³/mol. The molecule has 1 saturated carbocycles. The summed E-state index contributed by atoms with van der Waals surface area (Å²) in [6.45, 7) is 0. The quantitative estimate of drug-likeness (QED) is 0.352. The molecule has 4 N–H and O–H groups in total. The number of nitrogens with two attached hydrogens (primary N) is 1. The van der Waals surface area contributed by atoms with E-state index in [1.807, 2.05) is 29.6 Å². The van der Waals surface area contributed by atoms with Gasteiger partial charge in [-0.3, -0.25) is 4.79 Å². The largest absolute Gasteiger partial charge is 0.409 e. The van der Waals surface area contributed by atoms with Crippen LogP contribution in [-0.2, 0) is 4.79 Å². The molecule has 6 heteroatoms. The highest BCUT2D eigenvalue weighted by atomic mass is 32.1. The van der Waals surface area contributed by atoms with Crippen LogP contribution in [0.15, 0.2) is 34.8 Å². The molecule has 0 atom stereocenters. The van der Waals surface area contributed by atoms with Crippen molar-refractivity contribution in [2.75, 3.05) is 5.32 Å². The summed E-state index contributed by atoms with van der Waals surface area (Å²) in [6.07, 6.45) is 3.06. The Hall–Kier alpha value is -2.08. The zero-order chi connectivity index (χ0) is 14.9. The number of carbonyl (C=O) groups is 1. The molecule has 0 unspecified atom stereocenters. The molecule has 1 aliphatic rings. The predicted octanol–water partition coefficient (Wildman–Crippen LogP) is 3.15. The number of amidine groups is 1. The van der Waals surface area contributed by atoms with E-state index in [-0.39, 0.29) is 11.7 Å². The van der Waals surface area contributed by atoms with Crippen molar-refractivity contribution in [1.29, 1.82) is 0 Å². The van der Waals surface area contributed by atoms with Gasteiger partial charge >= 0.3 is 0 Å². The summed E-state index contributed by atoms with van der Waals surface area (Å²) in [4.78, 5) is 12.6. The summed E-state index contributed by atoms with van der Waals surface area (Å²) in [5, 5.41) is 18.1. The molecular weight excluding hydrogens is 286 g/mol. The minimum absolute atomic E-state index is 0.00844. The van der Waals surface area contributed by atoms with Gasteiger partial charge in [-0.05, 0) is 47.9 Å². The fourth-order valence-electron chi connectivity index (χ4n) is 2.97. The third-order valence-corrected chi connectivity index (χ3v) is 5.10. The van der Waals surface area contributed by atoms with E-state index in [4.69, 9.17) is 10.9 Å². The van der Waals surface area contributed by atoms with Crippen molar-refractivity contribution < 1.29 is 10.0 Å². The highest BCUT2D eigenvalue weighted by Crippen LogP contribution is 2.39. The van der Waals surface area contributed by atoms with Crippen LogP contribution in [0.4, 0.5) is 5.69 Å². The van der Waals surface area contributed by atoms with Crippen LogP contribution in [0.25, 0.3) is 10.1 Å². The van der Waals surface area contributed by atoms with E-state index in [1.165, 1.54) is 4.70 Å². The first-order valence-corrected chi connectivity index (χ1v) is 7.80. The second-order valence-electron chi connectivity index (χ2n) is 5.40. The van der Waals surface area contributed by atoms with Crippen LogP contribution in [0, 0.1) is 5.41 Å². The van der Waals surface area contributed by atoms with Gasteiger partial charge in [0.2, 0.25) is 5.91 Å². The smallest absolute Gasteiger partial charge is 0.238 e. The number of fused-ring (bicyclic) bond motifs is 1. The number of amides is 1. The zero-order valence-corrected chi connectivity index (χ0v) is 12.3. The number of nitrogens with one attached hydrogen (secondary N) is 1. The molecule has 0 bridgehead atoms. The van der Waals surface area contributed by atoms with Crippen LogP contribution < -0.4 is 11.1 Å². The third kappa shape index (κ3) is 2.35. The molecule has 5 nitrogen and oxygen atoms in total. The number of hydrogen-bond donors (Lipinski definition) is 3. The first-order chi connectivity index (χ1) is 10.2. The summed E-state index contributed by atoms with van der Waals surface area (Å²) in [5.41, 5.74) is 5.64. The molecule has 1 fully saturated rings. The van der Waals surface area contributed by atoms with Crippen LogP contribution in [0.1, 0.15) is 25.7 Å². The number of anilines is 1. The summed E-state index contributed by atoms with van der Waals surface area (Å²) in [5.74, 6) is -0.181. The number of rotatable bonds is 3. The lowest BCUT2D eigenvalue weighted by Gasteiger charge is -2.26. The lowest BCUT2D eigenvalue weighted by atomic mass is 9.83. The van der Waals surface area contributed by atoms with Crippen molar-refractivity contribution in [3.8, 4) is 0 Å². The Morgan fingerprint density at radius 3 is 2.81 bits per heavy atom. The van der Waals surface area contributed by atoms with Gasteiger partial charge in [-0.2, -0.15) is 0 Å². The van der Waals surface area contributed by atoms with Crippen molar-refractivity contribution in [2.24, 2.45) is 16.3 Å². The minimum Gasteiger partial charge on any atom is -0.409 e. The third-order valence-electron chi connectivity index (χ3n) is 4.20. The lowest BCUT2D eigenvalue weighted by Crippen LogP contribution is -2.45. The van der Waals surface area contributed by atoms with E-state index in [9.17, 15) is 4.79 Å². The summed E-state index contributed by atoms with van der Waals surface area (Å²) in [7, 11) is 0. The van der Waals surface area contributed by atoms with E-state index < -0.39 is 5.41 Å². The molecule has 1 aromatic heterocycles. The summed E-state index contributed by atoms with van der Waals surface area (Å²) in [6, 6.07) is 7.83. The molecule has 21 heavy (non-hydrogen) atoms. The fraction of sp³-hybridized carbons (Fsp3) is 0.333. The van der Waals surface area contributed by atoms with Gasteiger partial charge in [-0.1, -0.05) is 18.0 Å². The van der Waals surface area contributed by atoms with Gasteiger partial charge in [0.25, 0.3) is 0 Å². The highest BCUT2D eigenvalue weighted by Gasteiger charge is 2.45. The summed E-state index contributed by atoms with van der Waals surface area (Å²) < 4.78 is 1.18. The van der Waals surface area contributed by atoms with Crippen molar-refractivity contribution >= 4 is 38.9 Å². The van der Waals surface area contributed by atoms with Crippen molar-refractivity contribution in [3.05, 3.63) is 29.6 Å². The molecule has 1 aromatic carbocycles. The molecule has 0 spiro atoms. The van der Waals surface area contributed by atoms with Crippen molar-refractivity contribution in [2.45, 2.75) is 25.7 Å². The van der Waals surface area contributed by atoms with Gasteiger partial charge in [-0.25, -0.2) is 0 Å². The van der Waals surface area contributed by atoms with Gasteiger partial charge in [-0.15, -0.1) is 11.3 Å². The first kappa shape index (κ1) is 13.9. The van der Waals surface area contributed by atoms with Crippen LogP contribution in [0.2, 0.25) is 0 Å².